The van der Waals surface area contributed by atoms with Gasteiger partial charge in [-0.15, -0.1) is 0 Å². The van der Waals surface area contributed by atoms with Crippen molar-refractivity contribution in [2.75, 3.05) is 20.6 Å². The van der Waals surface area contributed by atoms with E-state index in [1.54, 1.807) is 6.07 Å². The molecular weight excluding hydrogens is 260 g/mol. The first kappa shape index (κ1) is 15.9. The second kappa shape index (κ2) is 7.44. The first-order valence-corrected chi connectivity index (χ1v) is 6.26. The fourth-order valence-electron chi connectivity index (χ4n) is 1.32. The molecule has 0 saturated heterocycles. The molecule has 2 amide bonds. The van der Waals surface area contributed by atoms with Crippen molar-refractivity contribution >= 4 is 12.0 Å². The topological polar surface area (TPSA) is 94.6 Å². The lowest BCUT2D eigenvalue weighted by Crippen LogP contribution is -2.42. The van der Waals surface area contributed by atoms with E-state index in [1.165, 1.54) is 12.3 Å². The summed E-state index contributed by atoms with van der Waals surface area (Å²) in [6.07, 6.45) is 1.44. The molecule has 7 nitrogen and oxygen atoms in total. The van der Waals surface area contributed by atoms with Crippen LogP contribution in [0.25, 0.3) is 0 Å². The average Bonchev–Trinajstić information content (AvgIpc) is 2.42. The maximum atomic E-state index is 11.6. The number of nitrogens with zero attached hydrogens (tertiary/aromatic N) is 2. The van der Waals surface area contributed by atoms with Gasteiger partial charge in [0.2, 0.25) is 0 Å². The number of nitrogens with one attached hydrogen (secondary N) is 2. The number of carbonyl (C=O) groups is 2. The molecule has 1 aromatic heterocycles. The Balaban J connectivity index is 2.35. The van der Waals surface area contributed by atoms with Crippen LogP contribution in [0.1, 0.15) is 23.0 Å². The van der Waals surface area contributed by atoms with Crippen LogP contribution in [0.3, 0.4) is 0 Å². The first-order chi connectivity index (χ1) is 9.40. The van der Waals surface area contributed by atoms with E-state index < -0.39 is 5.97 Å². The number of rotatable bonds is 6. The smallest absolute Gasteiger partial charge is 0.354 e. The molecule has 0 aliphatic carbocycles. The number of amides is 2. The summed E-state index contributed by atoms with van der Waals surface area (Å²) >= 11 is 0. The highest BCUT2D eigenvalue weighted by atomic mass is 16.4. The maximum Gasteiger partial charge on any atom is 0.354 e. The van der Waals surface area contributed by atoms with E-state index in [-0.39, 0.29) is 17.8 Å². The second-order valence-corrected chi connectivity index (χ2v) is 4.73. The third kappa shape index (κ3) is 5.23. The lowest BCUT2D eigenvalue weighted by atomic mass is 10.2. The van der Waals surface area contributed by atoms with E-state index in [0.717, 1.165) is 5.56 Å². The molecule has 0 aliphatic rings. The van der Waals surface area contributed by atoms with Crippen LogP contribution in [-0.4, -0.2) is 53.7 Å². The standard InChI is InChI=1S/C13H20N4O3/c1-9(17(2)3)6-15-13(20)16-8-10-4-5-11(12(18)19)14-7-10/h4-5,7,9H,6,8H2,1-3H3,(H,18,19)(H2,15,16,20). The number of carboxylic acid groups (broad SMARTS) is 1. The van der Waals surface area contributed by atoms with Crippen molar-refractivity contribution in [3.05, 3.63) is 29.6 Å². The lowest BCUT2D eigenvalue weighted by molar-refractivity contribution is 0.0690. The van der Waals surface area contributed by atoms with Crippen molar-refractivity contribution in [3.63, 3.8) is 0 Å². The Bertz CT molecular complexity index is 459. The van der Waals surface area contributed by atoms with E-state index in [9.17, 15) is 9.59 Å². The molecule has 0 radical (unpaired) electrons. The molecule has 0 fully saturated rings. The van der Waals surface area contributed by atoms with Gasteiger partial charge >= 0.3 is 12.0 Å². The zero-order chi connectivity index (χ0) is 15.1. The maximum absolute atomic E-state index is 11.6. The number of likely N-dealkylation sites (N-methyl/N-ethyl adjacent to an activating group) is 1. The number of aromatic nitrogens is 1. The number of urea groups is 1. The van der Waals surface area contributed by atoms with Crippen LogP contribution in [0.15, 0.2) is 18.3 Å². The summed E-state index contributed by atoms with van der Waals surface area (Å²) in [4.78, 5) is 28.0. The third-order valence-corrected chi connectivity index (χ3v) is 2.94. The molecule has 1 heterocycles. The number of carbonyl (C=O) groups excluding carboxylic acids is 1. The SMILES string of the molecule is CC(CNC(=O)NCc1ccc(C(=O)O)nc1)N(C)C. The van der Waals surface area contributed by atoms with Gasteiger partial charge in [0.25, 0.3) is 0 Å². The fourth-order valence-corrected chi connectivity index (χ4v) is 1.32. The molecule has 7 heteroatoms. The summed E-state index contributed by atoms with van der Waals surface area (Å²) in [5, 5.41) is 14.2. The van der Waals surface area contributed by atoms with Gasteiger partial charge in [-0.25, -0.2) is 14.6 Å². The Hall–Kier alpha value is -2.15. The Morgan fingerprint density at radius 1 is 1.35 bits per heavy atom. The summed E-state index contributed by atoms with van der Waals surface area (Å²) < 4.78 is 0. The number of pyridine rings is 1. The minimum atomic E-state index is -1.07. The Morgan fingerprint density at radius 3 is 2.55 bits per heavy atom. The second-order valence-electron chi connectivity index (χ2n) is 4.73. The Kier molecular flexibility index (Phi) is 5.92. The molecule has 0 bridgehead atoms. The fraction of sp³-hybridized carbons (Fsp3) is 0.462. The summed E-state index contributed by atoms with van der Waals surface area (Å²) in [6, 6.07) is 3.02. The van der Waals surface area contributed by atoms with E-state index in [2.05, 4.69) is 15.6 Å². The Morgan fingerprint density at radius 2 is 2.05 bits per heavy atom. The molecule has 20 heavy (non-hydrogen) atoms. The molecule has 0 spiro atoms. The quantitative estimate of drug-likeness (QED) is 0.706. The van der Waals surface area contributed by atoms with E-state index in [0.29, 0.717) is 13.1 Å². The molecule has 1 aromatic rings. The number of aromatic carboxylic acids is 1. The van der Waals surface area contributed by atoms with Crippen LogP contribution < -0.4 is 10.6 Å². The molecule has 110 valence electrons. The van der Waals surface area contributed by atoms with Crippen molar-refractivity contribution < 1.29 is 14.7 Å². The molecule has 3 N–H and O–H groups in total. The Labute approximate surface area is 118 Å². The summed E-state index contributed by atoms with van der Waals surface area (Å²) in [6.45, 7) is 2.86. The highest BCUT2D eigenvalue weighted by Gasteiger charge is 2.07. The van der Waals surface area contributed by atoms with Crippen molar-refractivity contribution in [2.45, 2.75) is 19.5 Å². The van der Waals surface area contributed by atoms with Crippen molar-refractivity contribution in [2.24, 2.45) is 0 Å². The normalized spacial score (nSPS) is 12.0. The van der Waals surface area contributed by atoms with E-state index in [4.69, 9.17) is 5.11 Å². The number of carboxylic acids is 1. The van der Waals surface area contributed by atoms with Gasteiger partial charge in [-0.05, 0) is 32.6 Å². The van der Waals surface area contributed by atoms with Crippen LogP contribution in [0, 0.1) is 0 Å². The van der Waals surface area contributed by atoms with Gasteiger partial charge in [-0.3, -0.25) is 0 Å². The minimum Gasteiger partial charge on any atom is -0.477 e. The number of hydrogen-bond acceptors (Lipinski definition) is 4. The molecule has 1 rings (SSSR count). The first-order valence-electron chi connectivity index (χ1n) is 6.26. The third-order valence-electron chi connectivity index (χ3n) is 2.94. The van der Waals surface area contributed by atoms with Crippen LogP contribution in [0.5, 0.6) is 0 Å². The molecular formula is C13H20N4O3. The molecule has 0 aromatic carbocycles. The van der Waals surface area contributed by atoms with Gasteiger partial charge in [0.1, 0.15) is 5.69 Å². The summed E-state index contributed by atoms with van der Waals surface area (Å²) in [7, 11) is 3.89. The van der Waals surface area contributed by atoms with Gasteiger partial charge in [-0.1, -0.05) is 6.07 Å². The minimum absolute atomic E-state index is 0.0157. The number of hydrogen-bond donors (Lipinski definition) is 3. The van der Waals surface area contributed by atoms with Crippen molar-refractivity contribution in [1.29, 1.82) is 0 Å². The van der Waals surface area contributed by atoms with Crippen LogP contribution in [0.4, 0.5) is 4.79 Å². The van der Waals surface area contributed by atoms with Crippen molar-refractivity contribution in [3.8, 4) is 0 Å². The monoisotopic (exact) mass is 280 g/mol. The largest absolute Gasteiger partial charge is 0.477 e. The van der Waals surface area contributed by atoms with Gasteiger partial charge in [0.05, 0.1) is 0 Å². The van der Waals surface area contributed by atoms with E-state index in [1.807, 2.05) is 25.9 Å². The van der Waals surface area contributed by atoms with Crippen LogP contribution >= 0.6 is 0 Å². The van der Waals surface area contributed by atoms with Crippen LogP contribution in [-0.2, 0) is 6.54 Å². The molecule has 1 atom stereocenters. The zero-order valence-corrected chi connectivity index (χ0v) is 11.9. The van der Waals surface area contributed by atoms with Gasteiger partial charge in [-0.2, -0.15) is 0 Å². The van der Waals surface area contributed by atoms with Gasteiger partial charge < -0.3 is 20.6 Å². The zero-order valence-electron chi connectivity index (χ0n) is 11.9. The molecule has 1 unspecified atom stereocenters. The highest BCUT2D eigenvalue weighted by Crippen LogP contribution is 2.00. The van der Waals surface area contributed by atoms with Crippen LogP contribution in [0.2, 0.25) is 0 Å². The summed E-state index contributed by atoms with van der Waals surface area (Å²) in [5.74, 6) is -1.07. The molecule has 0 saturated carbocycles. The van der Waals surface area contributed by atoms with Gasteiger partial charge in [0.15, 0.2) is 0 Å². The van der Waals surface area contributed by atoms with Gasteiger partial charge in [0, 0.05) is 25.3 Å². The molecule has 0 aliphatic heterocycles. The predicted octanol–water partition coefficient (Wildman–Crippen LogP) is 0.529. The highest BCUT2D eigenvalue weighted by molar-refractivity contribution is 5.85. The summed E-state index contributed by atoms with van der Waals surface area (Å²) in [5.41, 5.74) is 0.726. The van der Waals surface area contributed by atoms with Crippen molar-refractivity contribution in [1.82, 2.24) is 20.5 Å². The predicted molar refractivity (Wildman–Crippen MR) is 74.6 cm³/mol. The van der Waals surface area contributed by atoms with E-state index >= 15 is 0 Å². The average molecular weight is 280 g/mol. The lowest BCUT2D eigenvalue weighted by Gasteiger charge is -2.20.